The lowest BCUT2D eigenvalue weighted by Crippen LogP contribution is -2.49. The van der Waals surface area contributed by atoms with Gasteiger partial charge in [0.1, 0.15) is 0 Å². The average molecular weight is 398 g/mol. The van der Waals surface area contributed by atoms with Crippen molar-refractivity contribution >= 4 is 23.1 Å². The van der Waals surface area contributed by atoms with Crippen LogP contribution in [0.25, 0.3) is 0 Å². The maximum atomic E-state index is 13.2. The Morgan fingerprint density at radius 3 is 2.66 bits per heavy atom. The van der Waals surface area contributed by atoms with Crippen molar-refractivity contribution < 1.29 is 14.3 Å². The number of morpholine rings is 1. The molecule has 1 atom stereocenters. The fraction of sp³-hybridized carbons (Fsp3) is 0.565. The molecular formula is C23H31N3O3. The smallest absolute Gasteiger partial charge is 0.242 e. The number of ether oxygens (including phenoxy) is 1. The Morgan fingerprint density at radius 2 is 1.93 bits per heavy atom. The summed E-state index contributed by atoms with van der Waals surface area (Å²) in [5.41, 5.74) is 3.77. The molecule has 1 fully saturated rings. The highest BCUT2D eigenvalue weighted by Gasteiger charge is 2.40. The minimum Gasteiger partial charge on any atom is -0.378 e. The second kappa shape index (κ2) is 7.82. The highest BCUT2D eigenvalue weighted by molar-refractivity contribution is 6.01. The van der Waals surface area contributed by atoms with Crippen LogP contribution in [0.5, 0.6) is 0 Å². The number of benzene rings is 1. The third kappa shape index (κ3) is 3.90. The molecule has 156 valence electrons. The van der Waals surface area contributed by atoms with Crippen LogP contribution in [0.2, 0.25) is 0 Å². The monoisotopic (exact) mass is 397 g/mol. The Labute approximate surface area is 172 Å². The number of allylic oxidation sites excluding steroid dienone is 1. The molecule has 1 N–H and O–H groups in total. The molecule has 1 aliphatic carbocycles. The summed E-state index contributed by atoms with van der Waals surface area (Å²) in [5.74, 6) is 0.293. The largest absolute Gasteiger partial charge is 0.378 e. The van der Waals surface area contributed by atoms with Crippen molar-refractivity contribution in [2.24, 2.45) is 5.41 Å². The Kier molecular flexibility index (Phi) is 5.38. The summed E-state index contributed by atoms with van der Waals surface area (Å²) in [6.45, 7) is 9.09. The molecule has 1 unspecified atom stereocenters. The molecule has 0 aromatic heterocycles. The summed E-state index contributed by atoms with van der Waals surface area (Å²) in [6, 6.07) is 7.97. The average Bonchev–Trinajstić information content (AvgIpc) is 2.82. The third-order valence-corrected chi connectivity index (χ3v) is 6.18. The zero-order chi connectivity index (χ0) is 20.6. The zero-order valence-corrected chi connectivity index (χ0v) is 17.7. The van der Waals surface area contributed by atoms with Crippen molar-refractivity contribution in [2.75, 3.05) is 43.1 Å². The van der Waals surface area contributed by atoms with E-state index in [9.17, 15) is 9.59 Å². The van der Waals surface area contributed by atoms with E-state index in [1.807, 2.05) is 29.2 Å². The van der Waals surface area contributed by atoms with Crippen molar-refractivity contribution in [3.63, 3.8) is 0 Å². The molecule has 0 radical (unpaired) electrons. The zero-order valence-electron chi connectivity index (χ0n) is 17.7. The molecule has 6 heteroatoms. The van der Waals surface area contributed by atoms with Gasteiger partial charge in [0.25, 0.3) is 0 Å². The quantitative estimate of drug-likeness (QED) is 0.849. The summed E-state index contributed by atoms with van der Waals surface area (Å²) >= 11 is 0. The maximum Gasteiger partial charge on any atom is 0.242 e. The molecule has 1 amide bonds. The predicted octanol–water partition coefficient (Wildman–Crippen LogP) is 3.20. The Balaban J connectivity index is 1.73. The number of carbonyl (C=O) groups excluding carboxylic acids is 2. The molecule has 2 heterocycles. The second-order valence-corrected chi connectivity index (χ2v) is 9.02. The molecule has 0 spiro atoms. The van der Waals surface area contributed by atoms with Crippen molar-refractivity contribution in [2.45, 2.75) is 46.1 Å². The van der Waals surface area contributed by atoms with E-state index in [0.29, 0.717) is 32.7 Å². The number of nitrogens with one attached hydrogen (secondary N) is 1. The summed E-state index contributed by atoms with van der Waals surface area (Å²) in [4.78, 5) is 30.3. The topological polar surface area (TPSA) is 61.9 Å². The first kappa shape index (κ1) is 20.0. The van der Waals surface area contributed by atoms with Crippen molar-refractivity contribution in [3.05, 3.63) is 35.5 Å². The number of carbonyl (C=O) groups is 2. The van der Waals surface area contributed by atoms with E-state index >= 15 is 0 Å². The van der Waals surface area contributed by atoms with Gasteiger partial charge in [0, 0.05) is 30.8 Å². The van der Waals surface area contributed by atoms with Gasteiger partial charge in [-0.05, 0) is 30.4 Å². The minimum absolute atomic E-state index is 0.0606. The number of amides is 1. The molecule has 29 heavy (non-hydrogen) atoms. The first-order chi connectivity index (χ1) is 13.9. The molecule has 6 nitrogen and oxygen atoms in total. The summed E-state index contributed by atoms with van der Waals surface area (Å²) in [5, 5.41) is 3.57. The standard InChI is InChI=1S/C23H31N3O3/c1-4-18-22-17(13-23(2,3)14-20(22)27)24-16-7-5-6-8-19(16)26(18)15-21(28)25-9-11-29-12-10-25/h5-8,18,24H,4,9-15H2,1-3H3. The van der Waals surface area contributed by atoms with E-state index in [0.717, 1.165) is 35.5 Å². The van der Waals surface area contributed by atoms with E-state index in [-0.39, 0.29) is 29.7 Å². The fourth-order valence-electron chi connectivity index (χ4n) is 4.83. The molecule has 0 bridgehead atoms. The molecular weight excluding hydrogens is 366 g/mol. The van der Waals surface area contributed by atoms with Crippen LogP contribution in [0.1, 0.15) is 40.0 Å². The lowest BCUT2D eigenvalue weighted by Gasteiger charge is -2.38. The van der Waals surface area contributed by atoms with Crippen LogP contribution >= 0.6 is 0 Å². The van der Waals surface area contributed by atoms with E-state index in [2.05, 4.69) is 31.0 Å². The molecule has 1 saturated heterocycles. The number of hydrogen-bond acceptors (Lipinski definition) is 5. The van der Waals surface area contributed by atoms with Gasteiger partial charge in [-0.3, -0.25) is 9.59 Å². The van der Waals surface area contributed by atoms with Crippen LogP contribution in [0.3, 0.4) is 0 Å². The van der Waals surface area contributed by atoms with E-state index in [4.69, 9.17) is 4.74 Å². The van der Waals surface area contributed by atoms with Crippen LogP contribution in [0.4, 0.5) is 11.4 Å². The van der Waals surface area contributed by atoms with Crippen molar-refractivity contribution in [1.29, 1.82) is 0 Å². The number of nitrogens with zero attached hydrogens (tertiary/aromatic N) is 2. The number of rotatable bonds is 3. The van der Waals surface area contributed by atoms with Crippen LogP contribution in [-0.4, -0.2) is 55.5 Å². The van der Waals surface area contributed by atoms with Crippen LogP contribution in [0.15, 0.2) is 35.5 Å². The third-order valence-electron chi connectivity index (χ3n) is 6.18. The molecule has 2 aliphatic heterocycles. The van der Waals surface area contributed by atoms with Crippen LogP contribution < -0.4 is 10.2 Å². The van der Waals surface area contributed by atoms with Gasteiger partial charge in [-0.1, -0.05) is 32.9 Å². The predicted molar refractivity (Wildman–Crippen MR) is 114 cm³/mol. The van der Waals surface area contributed by atoms with Gasteiger partial charge in [0.2, 0.25) is 5.91 Å². The van der Waals surface area contributed by atoms with Gasteiger partial charge in [-0.25, -0.2) is 0 Å². The number of para-hydroxylation sites is 2. The van der Waals surface area contributed by atoms with Crippen molar-refractivity contribution in [3.8, 4) is 0 Å². The van der Waals surface area contributed by atoms with E-state index < -0.39 is 0 Å². The highest BCUT2D eigenvalue weighted by Crippen LogP contribution is 2.44. The van der Waals surface area contributed by atoms with Gasteiger partial charge in [-0.2, -0.15) is 0 Å². The fourth-order valence-corrected chi connectivity index (χ4v) is 4.83. The lowest BCUT2D eigenvalue weighted by atomic mass is 9.74. The molecule has 0 saturated carbocycles. The summed E-state index contributed by atoms with van der Waals surface area (Å²) < 4.78 is 5.39. The van der Waals surface area contributed by atoms with Crippen LogP contribution in [0, 0.1) is 5.41 Å². The van der Waals surface area contributed by atoms with Gasteiger partial charge in [0.05, 0.1) is 37.2 Å². The Hall–Kier alpha value is -2.34. The molecule has 3 aliphatic rings. The van der Waals surface area contributed by atoms with Gasteiger partial charge >= 0.3 is 0 Å². The van der Waals surface area contributed by atoms with Crippen LogP contribution in [-0.2, 0) is 14.3 Å². The molecule has 1 aromatic carbocycles. The molecule has 4 rings (SSSR count). The van der Waals surface area contributed by atoms with E-state index in [1.54, 1.807) is 0 Å². The summed E-state index contributed by atoms with van der Waals surface area (Å²) in [7, 11) is 0. The number of anilines is 2. The van der Waals surface area contributed by atoms with Crippen molar-refractivity contribution in [1.82, 2.24) is 4.90 Å². The van der Waals surface area contributed by atoms with Gasteiger partial charge < -0.3 is 19.9 Å². The number of fused-ring (bicyclic) bond motifs is 1. The lowest BCUT2D eigenvalue weighted by molar-refractivity contribution is -0.133. The summed E-state index contributed by atoms with van der Waals surface area (Å²) in [6.07, 6.45) is 2.16. The Morgan fingerprint density at radius 1 is 1.21 bits per heavy atom. The van der Waals surface area contributed by atoms with E-state index in [1.165, 1.54) is 0 Å². The number of Topliss-reactive ketones (excluding diaryl/α,β-unsaturated/α-hetero) is 1. The Bertz CT molecular complexity index is 840. The molecule has 1 aromatic rings. The van der Waals surface area contributed by atoms with Gasteiger partial charge in [-0.15, -0.1) is 0 Å². The second-order valence-electron chi connectivity index (χ2n) is 9.02. The minimum atomic E-state index is -0.102. The van der Waals surface area contributed by atoms with Gasteiger partial charge in [0.15, 0.2) is 5.78 Å². The highest BCUT2D eigenvalue weighted by atomic mass is 16.5. The first-order valence-electron chi connectivity index (χ1n) is 10.6. The first-order valence-corrected chi connectivity index (χ1v) is 10.6. The number of hydrogen-bond donors (Lipinski definition) is 1. The SMILES string of the molecule is CCC1C2=C(CC(C)(C)CC2=O)Nc2ccccc2N1CC(=O)N1CCOCC1. The number of ketones is 1. The normalized spacial score (nSPS) is 23.8. The maximum absolute atomic E-state index is 13.2.